The normalized spacial score (nSPS) is 29.6. The molecule has 2 fully saturated rings. The van der Waals surface area contributed by atoms with E-state index in [1.807, 2.05) is 0 Å². The first-order valence-corrected chi connectivity index (χ1v) is 8.86. The molecule has 1 aromatic rings. The van der Waals surface area contributed by atoms with E-state index in [0.717, 1.165) is 37.9 Å². The van der Waals surface area contributed by atoms with Gasteiger partial charge in [0.1, 0.15) is 11.9 Å². The number of carbonyl (C=O) groups is 1. The van der Waals surface area contributed by atoms with Crippen LogP contribution in [0.2, 0.25) is 0 Å². The zero-order valence-corrected chi connectivity index (χ0v) is 14.5. The van der Waals surface area contributed by atoms with Crippen LogP contribution in [0.15, 0.2) is 24.3 Å². The monoisotopic (exact) mass is 316 g/mol. The van der Waals surface area contributed by atoms with Gasteiger partial charge in [0.05, 0.1) is 13.0 Å². The van der Waals surface area contributed by atoms with Gasteiger partial charge < -0.3 is 9.47 Å². The Morgan fingerprint density at radius 2 is 2.00 bits per heavy atom. The predicted molar refractivity (Wildman–Crippen MR) is 90.4 cm³/mol. The Labute approximate surface area is 139 Å². The molecule has 0 heterocycles. The summed E-state index contributed by atoms with van der Waals surface area (Å²) in [5, 5.41) is 0. The van der Waals surface area contributed by atoms with Crippen molar-refractivity contribution in [1.82, 2.24) is 0 Å². The first-order chi connectivity index (χ1) is 11.0. The molecule has 3 heteroatoms. The van der Waals surface area contributed by atoms with Gasteiger partial charge in [-0.05, 0) is 55.7 Å². The molecule has 2 aliphatic rings. The maximum atomic E-state index is 11.8. The van der Waals surface area contributed by atoms with Gasteiger partial charge in [0.15, 0.2) is 0 Å². The summed E-state index contributed by atoms with van der Waals surface area (Å²) in [5.41, 5.74) is 1.58. The number of hydrogen-bond donors (Lipinski definition) is 0. The summed E-state index contributed by atoms with van der Waals surface area (Å²) in [7, 11) is 1.49. The lowest BCUT2D eigenvalue weighted by atomic mass is 9.79. The third-order valence-electron chi connectivity index (χ3n) is 5.38. The number of rotatable bonds is 5. The van der Waals surface area contributed by atoms with Crippen molar-refractivity contribution in [3.63, 3.8) is 0 Å². The van der Waals surface area contributed by atoms with Crippen LogP contribution in [-0.2, 0) is 16.0 Å². The van der Waals surface area contributed by atoms with Crippen molar-refractivity contribution in [2.45, 2.75) is 58.5 Å². The van der Waals surface area contributed by atoms with Crippen LogP contribution in [0.4, 0.5) is 0 Å². The maximum absolute atomic E-state index is 11.8. The molecule has 0 saturated heterocycles. The fraction of sp³-hybridized carbons (Fsp3) is 0.650. The largest absolute Gasteiger partial charge is 0.490 e. The highest BCUT2D eigenvalue weighted by molar-refractivity contribution is 5.72. The summed E-state index contributed by atoms with van der Waals surface area (Å²) >= 11 is 0. The van der Waals surface area contributed by atoms with Gasteiger partial charge in [0, 0.05) is 5.41 Å². The minimum absolute atomic E-state index is 0.0484. The van der Waals surface area contributed by atoms with E-state index in [9.17, 15) is 4.79 Å². The third kappa shape index (κ3) is 3.70. The minimum atomic E-state index is -0.0484. The van der Waals surface area contributed by atoms with Gasteiger partial charge in [0.25, 0.3) is 0 Å². The van der Waals surface area contributed by atoms with Crippen LogP contribution in [0.1, 0.15) is 51.5 Å². The first kappa shape index (κ1) is 16.4. The second-order valence-corrected chi connectivity index (χ2v) is 7.73. The van der Waals surface area contributed by atoms with Crippen LogP contribution in [0.3, 0.4) is 0 Å². The molecule has 0 aromatic heterocycles. The standard InChI is InChI=1S/C20H28O3/c1-14(2)11-15-6-8-17(9-7-15)23-18-13-20(18)10-4-5-16(12-20)19(21)22-3/h6-9,14,16,18H,4-5,10-13H2,1-3H3/t16-,18+,20+/m0/s1. The second-order valence-electron chi connectivity index (χ2n) is 7.73. The van der Waals surface area contributed by atoms with Gasteiger partial charge in [-0.1, -0.05) is 32.4 Å². The van der Waals surface area contributed by atoms with Crippen LogP contribution < -0.4 is 4.74 Å². The maximum Gasteiger partial charge on any atom is 0.308 e. The second kappa shape index (κ2) is 6.54. The SMILES string of the molecule is COC(=O)[C@H]1CCC[C@@]2(C1)C[C@H]2Oc1ccc(CC(C)C)cc1. The van der Waals surface area contributed by atoms with Crippen molar-refractivity contribution in [2.75, 3.05) is 7.11 Å². The Balaban J connectivity index is 1.57. The van der Waals surface area contributed by atoms with Gasteiger partial charge in [-0.2, -0.15) is 0 Å². The fourth-order valence-corrected chi connectivity index (χ4v) is 4.06. The molecule has 3 atom stereocenters. The van der Waals surface area contributed by atoms with Gasteiger partial charge >= 0.3 is 5.97 Å². The summed E-state index contributed by atoms with van der Waals surface area (Å²) in [6.07, 6.45) is 6.62. The molecule has 126 valence electrons. The summed E-state index contributed by atoms with van der Waals surface area (Å²) < 4.78 is 11.1. The van der Waals surface area contributed by atoms with Crippen LogP contribution in [0, 0.1) is 17.3 Å². The molecule has 1 spiro atoms. The molecule has 2 saturated carbocycles. The van der Waals surface area contributed by atoms with E-state index in [4.69, 9.17) is 9.47 Å². The van der Waals surface area contributed by atoms with Gasteiger partial charge in [-0.25, -0.2) is 0 Å². The lowest BCUT2D eigenvalue weighted by molar-refractivity contribution is -0.147. The molecule has 0 unspecified atom stereocenters. The van der Waals surface area contributed by atoms with Crippen molar-refractivity contribution < 1.29 is 14.3 Å². The Bertz CT molecular complexity index is 549. The van der Waals surface area contributed by atoms with E-state index >= 15 is 0 Å². The van der Waals surface area contributed by atoms with E-state index in [1.54, 1.807) is 0 Å². The average Bonchev–Trinajstić information content (AvgIpc) is 3.18. The molecular formula is C20H28O3. The molecule has 0 radical (unpaired) electrons. The highest BCUT2D eigenvalue weighted by Gasteiger charge is 2.58. The molecule has 1 aromatic carbocycles. The highest BCUT2D eigenvalue weighted by Crippen LogP contribution is 2.59. The quantitative estimate of drug-likeness (QED) is 0.756. The molecule has 3 rings (SSSR count). The molecule has 23 heavy (non-hydrogen) atoms. The number of methoxy groups -OCH3 is 1. The highest BCUT2D eigenvalue weighted by atomic mass is 16.5. The number of ether oxygens (including phenoxy) is 2. The molecular weight excluding hydrogens is 288 g/mol. The summed E-state index contributed by atoms with van der Waals surface area (Å²) in [5.74, 6) is 1.65. The number of benzene rings is 1. The van der Waals surface area contributed by atoms with Crippen molar-refractivity contribution >= 4 is 5.97 Å². The van der Waals surface area contributed by atoms with Crippen LogP contribution in [-0.4, -0.2) is 19.2 Å². The van der Waals surface area contributed by atoms with Crippen LogP contribution >= 0.6 is 0 Å². The van der Waals surface area contributed by atoms with Crippen molar-refractivity contribution in [1.29, 1.82) is 0 Å². The van der Waals surface area contributed by atoms with Crippen molar-refractivity contribution in [3.05, 3.63) is 29.8 Å². The van der Waals surface area contributed by atoms with Crippen molar-refractivity contribution in [2.24, 2.45) is 17.3 Å². The fourth-order valence-electron chi connectivity index (χ4n) is 4.06. The van der Waals surface area contributed by atoms with Gasteiger partial charge in [-0.15, -0.1) is 0 Å². The summed E-state index contributed by atoms with van der Waals surface area (Å²) in [6.45, 7) is 4.47. The lowest BCUT2D eigenvalue weighted by Crippen LogP contribution is -2.27. The van der Waals surface area contributed by atoms with Crippen LogP contribution in [0.25, 0.3) is 0 Å². The molecule has 0 aliphatic heterocycles. The average molecular weight is 316 g/mol. The predicted octanol–water partition coefficient (Wildman–Crippen LogP) is 4.39. The van der Waals surface area contributed by atoms with E-state index in [-0.39, 0.29) is 23.4 Å². The minimum Gasteiger partial charge on any atom is -0.490 e. The number of hydrogen-bond acceptors (Lipinski definition) is 3. The molecule has 0 N–H and O–H groups in total. The zero-order valence-electron chi connectivity index (χ0n) is 14.5. The zero-order chi connectivity index (χ0) is 16.4. The number of carbonyl (C=O) groups excluding carboxylic acids is 1. The first-order valence-electron chi connectivity index (χ1n) is 8.86. The summed E-state index contributed by atoms with van der Waals surface area (Å²) in [4.78, 5) is 11.8. The Morgan fingerprint density at radius 1 is 1.26 bits per heavy atom. The molecule has 0 amide bonds. The molecule has 2 aliphatic carbocycles. The summed E-state index contributed by atoms with van der Waals surface area (Å²) in [6, 6.07) is 8.51. The van der Waals surface area contributed by atoms with E-state index in [0.29, 0.717) is 5.92 Å². The molecule has 3 nitrogen and oxygen atoms in total. The smallest absolute Gasteiger partial charge is 0.308 e. The lowest BCUT2D eigenvalue weighted by Gasteiger charge is -2.28. The third-order valence-corrected chi connectivity index (χ3v) is 5.38. The van der Waals surface area contributed by atoms with Gasteiger partial charge in [0.2, 0.25) is 0 Å². The Hall–Kier alpha value is -1.51. The van der Waals surface area contributed by atoms with E-state index in [2.05, 4.69) is 38.1 Å². The van der Waals surface area contributed by atoms with Crippen molar-refractivity contribution in [3.8, 4) is 5.75 Å². The molecule has 0 bridgehead atoms. The Morgan fingerprint density at radius 3 is 2.65 bits per heavy atom. The topological polar surface area (TPSA) is 35.5 Å². The van der Waals surface area contributed by atoms with E-state index in [1.165, 1.54) is 19.1 Å². The van der Waals surface area contributed by atoms with E-state index < -0.39 is 0 Å². The van der Waals surface area contributed by atoms with Crippen LogP contribution in [0.5, 0.6) is 5.75 Å². The number of esters is 1. The Kier molecular flexibility index (Phi) is 4.65. The van der Waals surface area contributed by atoms with Gasteiger partial charge in [-0.3, -0.25) is 4.79 Å².